The Kier molecular flexibility index (Phi) is 5.56. The molecule has 0 unspecified atom stereocenters. The number of hydrogen-bond donors (Lipinski definition) is 0. The Hall–Kier alpha value is -1.40. The van der Waals surface area contributed by atoms with Crippen LogP contribution in [-0.4, -0.2) is 82.7 Å². The second kappa shape index (κ2) is 7.66. The fourth-order valence-corrected chi connectivity index (χ4v) is 4.04. The van der Waals surface area contributed by atoms with E-state index in [0.717, 1.165) is 38.2 Å². The van der Waals surface area contributed by atoms with Gasteiger partial charge in [0.1, 0.15) is 5.69 Å². The topological polar surface area (TPSA) is 44.6 Å². The second-order valence-electron chi connectivity index (χ2n) is 7.24. The lowest BCUT2D eigenvalue weighted by Crippen LogP contribution is -2.52. The van der Waals surface area contributed by atoms with Crippen molar-refractivity contribution >= 4 is 5.91 Å². The highest BCUT2D eigenvalue weighted by Gasteiger charge is 2.31. The summed E-state index contributed by atoms with van der Waals surface area (Å²) >= 11 is 0. The van der Waals surface area contributed by atoms with Crippen molar-refractivity contribution in [3.63, 3.8) is 0 Å². The average molecular weight is 333 g/mol. The summed E-state index contributed by atoms with van der Waals surface area (Å²) in [6.45, 7) is 11.6. The SMILES string of the molecule is CCn1nccc1C(=O)N1CCC([C@H](C)N2CCN(C)CC2)CC1. The fourth-order valence-electron chi connectivity index (χ4n) is 4.04. The molecule has 2 fully saturated rings. The van der Waals surface area contributed by atoms with Gasteiger partial charge in [0.25, 0.3) is 5.91 Å². The van der Waals surface area contributed by atoms with Crippen LogP contribution >= 0.6 is 0 Å². The molecule has 6 heteroatoms. The monoisotopic (exact) mass is 333 g/mol. The Morgan fingerprint density at radius 2 is 1.88 bits per heavy atom. The van der Waals surface area contributed by atoms with Gasteiger partial charge in [-0.2, -0.15) is 5.10 Å². The van der Waals surface area contributed by atoms with Gasteiger partial charge in [0.2, 0.25) is 0 Å². The summed E-state index contributed by atoms with van der Waals surface area (Å²) in [5.74, 6) is 0.841. The smallest absolute Gasteiger partial charge is 0.272 e. The first kappa shape index (κ1) is 17.4. The molecule has 24 heavy (non-hydrogen) atoms. The van der Waals surface area contributed by atoms with Crippen LogP contribution in [0, 0.1) is 5.92 Å². The number of piperazine rings is 1. The predicted octanol–water partition coefficient (Wildman–Crippen LogP) is 1.39. The number of aryl methyl sites for hydroxylation is 1. The number of amides is 1. The highest BCUT2D eigenvalue weighted by atomic mass is 16.2. The number of nitrogens with zero attached hydrogens (tertiary/aromatic N) is 5. The highest BCUT2D eigenvalue weighted by Crippen LogP contribution is 2.25. The summed E-state index contributed by atoms with van der Waals surface area (Å²) in [6, 6.07) is 2.46. The molecular weight excluding hydrogens is 302 g/mol. The quantitative estimate of drug-likeness (QED) is 0.835. The number of likely N-dealkylation sites (N-methyl/N-ethyl adjacent to an activating group) is 1. The first-order valence-electron chi connectivity index (χ1n) is 9.33. The third kappa shape index (κ3) is 3.64. The summed E-state index contributed by atoms with van der Waals surface area (Å²) in [7, 11) is 2.20. The Labute approximate surface area is 145 Å². The molecule has 3 heterocycles. The maximum atomic E-state index is 12.7. The van der Waals surface area contributed by atoms with Crippen LogP contribution in [0.2, 0.25) is 0 Å². The van der Waals surface area contributed by atoms with Crippen LogP contribution in [0.3, 0.4) is 0 Å². The zero-order valence-corrected chi connectivity index (χ0v) is 15.3. The number of likely N-dealkylation sites (tertiary alicyclic amines) is 1. The zero-order valence-electron chi connectivity index (χ0n) is 15.3. The molecular formula is C18H31N5O. The van der Waals surface area contributed by atoms with Crippen molar-refractivity contribution in [1.82, 2.24) is 24.5 Å². The van der Waals surface area contributed by atoms with Crippen LogP contribution in [0.15, 0.2) is 12.3 Å². The lowest BCUT2D eigenvalue weighted by molar-refractivity contribution is 0.0493. The predicted molar refractivity (Wildman–Crippen MR) is 95.1 cm³/mol. The van der Waals surface area contributed by atoms with Crippen LogP contribution in [-0.2, 0) is 6.54 Å². The van der Waals surface area contributed by atoms with E-state index >= 15 is 0 Å². The van der Waals surface area contributed by atoms with Crippen LogP contribution in [0.1, 0.15) is 37.2 Å². The van der Waals surface area contributed by atoms with Gasteiger partial charge in [-0.1, -0.05) is 0 Å². The number of carbonyl (C=O) groups is 1. The summed E-state index contributed by atoms with van der Waals surface area (Å²) in [5, 5.41) is 4.22. The second-order valence-corrected chi connectivity index (χ2v) is 7.24. The molecule has 1 aromatic rings. The summed E-state index contributed by atoms with van der Waals surface area (Å²) < 4.78 is 1.79. The van der Waals surface area contributed by atoms with Gasteiger partial charge in [0.05, 0.1) is 0 Å². The number of piperidine rings is 1. The lowest BCUT2D eigenvalue weighted by atomic mass is 9.89. The molecule has 0 saturated carbocycles. The van der Waals surface area contributed by atoms with Crippen molar-refractivity contribution < 1.29 is 4.79 Å². The summed E-state index contributed by atoms with van der Waals surface area (Å²) in [6.07, 6.45) is 3.94. The third-order valence-electron chi connectivity index (χ3n) is 5.86. The van der Waals surface area contributed by atoms with Gasteiger partial charge in [-0.15, -0.1) is 0 Å². The lowest BCUT2D eigenvalue weighted by Gasteiger charge is -2.42. The molecule has 0 bridgehead atoms. The van der Waals surface area contributed by atoms with Gasteiger partial charge in [-0.3, -0.25) is 14.4 Å². The first-order chi connectivity index (χ1) is 11.6. The molecule has 1 aromatic heterocycles. The van der Waals surface area contributed by atoms with Crippen molar-refractivity contribution in [2.24, 2.45) is 5.92 Å². The van der Waals surface area contributed by atoms with Crippen molar-refractivity contribution in [2.45, 2.75) is 39.3 Å². The fraction of sp³-hybridized carbons (Fsp3) is 0.778. The van der Waals surface area contributed by atoms with E-state index in [1.54, 1.807) is 10.9 Å². The van der Waals surface area contributed by atoms with Crippen LogP contribution in [0.4, 0.5) is 0 Å². The average Bonchev–Trinajstić information content (AvgIpc) is 3.10. The molecule has 1 amide bonds. The number of carbonyl (C=O) groups excluding carboxylic acids is 1. The van der Waals surface area contributed by atoms with E-state index < -0.39 is 0 Å². The van der Waals surface area contributed by atoms with Crippen molar-refractivity contribution in [3.05, 3.63) is 18.0 Å². The van der Waals surface area contributed by atoms with Gasteiger partial charge >= 0.3 is 0 Å². The number of rotatable bonds is 4. The molecule has 2 aliphatic rings. The molecule has 0 spiro atoms. The minimum Gasteiger partial charge on any atom is -0.337 e. The van der Waals surface area contributed by atoms with Gasteiger partial charge < -0.3 is 9.80 Å². The Morgan fingerprint density at radius 3 is 2.50 bits per heavy atom. The number of hydrogen-bond acceptors (Lipinski definition) is 4. The summed E-state index contributed by atoms with van der Waals surface area (Å²) in [4.78, 5) is 19.8. The zero-order chi connectivity index (χ0) is 17.1. The van der Waals surface area contributed by atoms with E-state index in [0.29, 0.717) is 12.0 Å². The minimum absolute atomic E-state index is 0.139. The molecule has 0 radical (unpaired) electrons. The molecule has 0 N–H and O–H groups in total. The normalized spacial score (nSPS) is 22.7. The Balaban J connectivity index is 1.53. The molecule has 3 rings (SSSR count). The third-order valence-corrected chi connectivity index (χ3v) is 5.86. The molecule has 1 atom stereocenters. The molecule has 0 aromatic carbocycles. The standard InChI is InChI=1S/C18H31N5O/c1-4-23-17(5-8-19-23)18(24)22-9-6-16(7-10-22)15(2)21-13-11-20(3)12-14-21/h5,8,15-16H,4,6-7,9-14H2,1-3H3/t15-/m0/s1. The van der Waals surface area contributed by atoms with Crippen LogP contribution in [0.25, 0.3) is 0 Å². The van der Waals surface area contributed by atoms with Gasteiger partial charge in [-0.25, -0.2) is 0 Å². The highest BCUT2D eigenvalue weighted by molar-refractivity contribution is 5.92. The molecule has 6 nitrogen and oxygen atoms in total. The Morgan fingerprint density at radius 1 is 1.21 bits per heavy atom. The van der Waals surface area contributed by atoms with Crippen molar-refractivity contribution in [2.75, 3.05) is 46.3 Å². The van der Waals surface area contributed by atoms with Crippen molar-refractivity contribution in [3.8, 4) is 0 Å². The minimum atomic E-state index is 0.139. The molecule has 0 aliphatic carbocycles. The molecule has 134 valence electrons. The van der Waals surface area contributed by atoms with E-state index in [1.807, 2.05) is 17.9 Å². The van der Waals surface area contributed by atoms with E-state index in [2.05, 4.69) is 28.9 Å². The van der Waals surface area contributed by atoms with E-state index in [9.17, 15) is 4.79 Å². The maximum Gasteiger partial charge on any atom is 0.272 e. The first-order valence-corrected chi connectivity index (χ1v) is 9.33. The maximum absolute atomic E-state index is 12.7. The largest absolute Gasteiger partial charge is 0.337 e. The van der Waals surface area contributed by atoms with Gasteiger partial charge in [-0.05, 0) is 45.7 Å². The van der Waals surface area contributed by atoms with Gasteiger partial charge in [0.15, 0.2) is 0 Å². The number of aromatic nitrogens is 2. The van der Waals surface area contributed by atoms with E-state index in [-0.39, 0.29) is 5.91 Å². The van der Waals surface area contributed by atoms with E-state index in [4.69, 9.17) is 0 Å². The van der Waals surface area contributed by atoms with Crippen LogP contribution in [0.5, 0.6) is 0 Å². The summed E-state index contributed by atoms with van der Waals surface area (Å²) in [5.41, 5.74) is 0.725. The molecule has 2 saturated heterocycles. The van der Waals surface area contributed by atoms with Crippen LogP contribution < -0.4 is 0 Å². The van der Waals surface area contributed by atoms with Crippen molar-refractivity contribution in [1.29, 1.82) is 0 Å². The molecule has 2 aliphatic heterocycles. The van der Waals surface area contributed by atoms with E-state index in [1.165, 1.54) is 26.2 Å². The Bertz CT molecular complexity index is 541. The van der Waals surface area contributed by atoms with Gasteiger partial charge in [0, 0.05) is 58.1 Å².